The molecule has 0 aliphatic carbocycles. The number of rotatable bonds is 5. The topological polar surface area (TPSA) is 63.1 Å². The van der Waals surface area contributed by atoms with Gasteiger partial charge >= 0.3 is 0 Å². The van der Waals surface area contributed by atoms with Crippen LogP contribution in [0.2, 0.25) is 0 Å². The first-order valence-corrected chi connectivity index (χ1v) is 10.1. The first-order valence-electron chi connectivity index (χ1n) is 9.26. The zero-order chi connectivity index (χ0) is 18.1. The molecule has 3 heterocycles. The van der Waals surface area contributed by atoms with E-state index >= 15 is 0 Å². The zero-order valence-electron chi connectivity index (χ0n) is 15.3. The Hall–Kier alpha value is -1.86. The van der Waals surface area contributed by atoms with Crippen LogP contribution in [-0.4, -0.2) is 44.2 Å². The summed E-state index contributed by atoms with van der Waals surface area (Å²) in [6.07, 6.45) is 5.92. The summed E-state index contributed by atoms with van der Waals surface area (Å²) in [4.78, 5) is 15.4. The van der Waals surface area contributed by atoms with E-state index < -0.39 is 0 Å². The smallest absolute Gasteiger partial charge is 0.244 e. The highest BCUT2D eigenvalue weighted by atomic mass is 32.2. The molecule has 2 aromatic rings. The van der Waals surface area contributed by atoms with Crippen LogP contribution in [0.3, 0.4) is 0 Å². The number of nitrogens with zero attached hydrogens (tertiary/aromatic N) is 4. The molecule has 2 fully saturated rings. The van der Waals surface area contributed by atoms with E-state index in [0.717, 1.165) is 49.6 Å². The third kappa shape index (κ3) is 3.14. The van der Waals surface area contributed by atoms with Gasteiger partial charge in [-0.2, -0.15) is 0 Å². The molecular weight excluding hydrogens is 346 g/mol. The average molecular weight is 372 g/mol. The van der Waals surface area contributed by atoms with Gasteiger partial charge in [-0.1, -0.05) is 23.9 Å². The minimum Gasteiger partial charge on any atom is -0.324 e. The molecule has 138 valence electrons. The number of carbonyl (C=O) groups is 1. The predicted octanol–water partition coefficient (Wildman–Crippen LogP) is 3.24. The van der Waals surface area contributed by atoms with Crippen LogP contribution in [0.1, 0.15) is 43.4 Å². The van der Waals surface area contributed by atoms with E-state index in [0.29, 0.717) is 0 Å². The molecule has 0 radical (unpaired) electrons. The molecule has 1 N–H and O–H groups in total. The van der Waals surface area contributed by atoms with Gasteiger partial charge in [0.25, 0.3) is 0 Å². The van der Waals surface area contributed by atoms with Gasteiger partial charge in [-0.15, -0.1) is 10.2 Å². The first kappa shape index (κ1) is 17.5. The lowest BCUT2D eigenvalue weighted by Gasteiger charge is -2.30. The standard InChI is InChI=1S/C19H25N5OS/c1-14(26-18-22-20-13-23(18)2)15-6-3-7-16(12-15)21-17(25)19-8-4-10-24(19)11-5-9-19/h3,6-7,12-14H,4-5,8-11H2,1-2H3,(H,21,25). The van der Waals surface area contributed by atoms with Crippen molar-refractivity contribution < 1.29 is 4.79 Å². The van der Waals surface area contributed by atoms with Gasteiger partial charge in [0.2, 0.25) is 5.91 Å². The summed E-state index contributed by atoms with van der Waals surface area (Å²) in [5.41, 5.74) is 1.78. The lowest BCUT2D eigenvalue weighted by atomic mass is 9.93. The third-order valence-corrected chi connectivity index (χ3v) is 6.84. The van der Waals surface area contributed by atoms with E-state index in [1.54, 1.807) is 18.1 Å². The Morgan fingerprint density at radius 1 is 1.31 bits per heavy atom. The number of thioether (sulfide) groups is 1. The molecule has 1 aromatic carbocycles. The van der Waals surface area contributed by atoms with Crippen molar-refractivity contribution in [2.24, 2.45) is 7.05 Å². The maximum absolute atomic E-state index is 13.0. The molecule has 1 unspecified atom stereocenters. The molecule has 2 saturated heterocycles. The van der Waals surface area contributed by atoms with Gasteiger partial charge in [0.05, 0.1) is 0 Å². The SMILES string of the molecule is CC(Sc1nncn1C)c1cccc(NC(=O)C23CCCN2CCC3)c1. The second-order valence-corrected chi connectivity index (χ2v) is 8.60. The van der Waals surface area contributed by atoms with Gasteiger partial charge in [-0.25, -0.2) is 0 Å². The summed E-state index contributed by atoms with van der Waals surface area (Å²) < 4.78 is 1.92. The maximum Gasteiger partial charge on any atom is 0.244 e. The van der Waals surface area contributed by atoms with Crippen LogP contribution < -0.4 is 5.32 Å². The molecular formula is C19H25N5OS. The number of carbonyl (C=O) groups excluding carboxylic acids is 1. The summed E-state index contributed by atoms with van der Waals surface area (Å²) >= 11 is 1.67. The fourth-order valence-corrected chi connectivity index (χ4v) is 5.11. The monoisotopic (exact) mass is 371 g/mol. The fourth-order valence-electron chi connectivity index (χ4n) is 4.20. The molecule has 4 rings (SSSR count). The molecule has 0 saturated carbocycles. The van der Waals surface area contributed by atoms with Gasteiger partial charge in [-0.3, -0.25) is 9.69 Å². The maximum atomic E-state index is 13.0. The lowest BCUT2D eigenvalue weighted by Crippen LogP contribution is -2.48. The molecule has 1 atom stereocenters. The summed E-state index contributed by atoms with van der Waals surface area (Å²) in [6, 6.07) is 8.17. The van der Waals surface area contributed by atoms with E-state index in [9.17, 15) is 4.79 Å². The molecule has 1 aromatic heterocycles. The summed E-state index contributed by atoms with van der Waals surface area (Å²) in [5.74, 6) is 0.165. The van der Waals surface area contributed by atoms with Gasteiger partial charge in [0.15, 0.2) is 5.16 Å². The molecule has 6 nitrogen and oxygen atoms in total. The van der Waals surface area contributed by atoms with Crippen LogP contribution in [0.4, 0.5) is 5.69 Å². The Balaban J connectivity index is 1.47. The van der Waals surface area contributed by atoms with E-state index in [4.69, 9.17) is 0 Å². The van der Waals surface area contributed by atoms with Crippen LogP contribution in [0, 0.1) is 0 Å². The third-order valence-electron chi connectivity index (χ3n) is 5.63. The van der Waals surface area contributed by atoms with Crippen LogP contribution in [0.15, 0.2) is 35.7 Å². The van der Waals surface area contributed by atoms with Crippen LogP contribution in [-0.2, 0) is 11.8 Å². The summed E-state index contributed by atoms with van der Waals surface area (Å²) in [7, 11) is 1.94. The highest BCUT2D eigenvalue weighted by Gasteiger charge is 2.49. The van der Waals surface area contributed by atoms with E-state index in [1.807, 2.05) is 23.7 Å². The van der Waals surface area contributed by atoms with Crippen LogP contribution in [0.5, 0.6) is 0 Å². The Bertz CT molecular complexity index is 795. The molecule has 2 aliphatic rings. The number of hydrogen-bond donors (Lipinski definition) is 1. The van der Waals surface area contributed by atoms with Crippen molar-refractivity contribution in [1.29, 1.82) is 0 Å². The minimum absolute atomic E-state index is 0.165. The highest BCUT2D eigenvalue weighted by Crippen LogP contribution is 2.40. The van der Waals surface area contributed by atoms with E-state index in [-0.39, 0.29) is 16.7 Å². The molecule has 7 heteroatoms. The van der Waals surface area contributed by atoms with Crippen molar-refractivity contribution in [3.05, 3.63) is 36.2 Å². The quantitative estimate of drug-likeness (QED) is 0.818. The lowest BCUT2D eigenvalue weighted by molar-refractivity contribution is -0.125. The van der Waals surface area contributed by atoms with Crippen molar-refractivity contribution >= 4 is 23.4 Å². The Morgan fingerprint density at radius 3 is 2.77 bits per heavy atom. The Morgan fingerprint density at radius 2 is 2.08 bits per heavy atom. The van der Waals surface area contributed by atoms with Crippen molar-refractivity contribution in [1.82, 2.24) is 19.7 Å². The number of benzene rings is 1. The van der Waals surface area contributed by atoms with Crippen molar-refractivity contribution in [2.45, 2.75) is 48.6 Å². The van der Waals surface area contributed by atoms with Crippen molar-refractivity contribution in [3.8, 4) is 0 Å². The van der Waals surface area contributed by atoms with Crippen molar-refractivity contribution in [2.75, 3.05) is 18.4 Å². The minimum atomic E-state index is -0.269. The number of anilines is 1. The fraction of sp³-hybridized carbons (Fsp3) is 0.526. The highest BCUT2D eigenvalue weighted by molar-refractivity contribution is 7.99. The normalized spacial score (nSPS) is 20.1. The predicted molar refractivity (Wildman–Crippen MR) is 103 cm³/mol. The molecule has 0 spiro atoms. The molecule has 0 bridgehead atoms. The van der Waals surface area contributed by atoms with Crippen LogP contribution in [0.25, 0.3) is 0 Å². The van der Waals surface area contributed by atoms with Gasteiger partial charge in [0.1, 0.15) is 11.9 Å². The van der Waals surface area contributed by atoms with E-state index in [1.165, 1.54) is 5.56 Å². The number of amides is 1. The molecule has 2 aliphatic heterocycles. The summed E-state index contributed by atoms with van der Waals surface area (Å²) in [6.45, 7) is 4.26. The molecule has 26 heavy (non-hydrogen) atoms. The number of hydrogen-bond acceptors (Lipinski definition) is 5. The second kappa shape index (κ2) is 7.04. The average Bonchev–Trinajstić information content (AvgIpc) is 3.31. The zero-order valence-corrected chi connectivity index (χ0v) is 16.1. The molecule has 1 amide bonds. The largest absolute Gasteiger partial charge is 0.324 e. The number of aromatic nitrogens is 3. The number of fused-ring (bicyclic) bond motifs is 1. The number of nitrogens with one attached hydrogen (secondary N) is 1. The number of aryl methyl sites for hydroxylation is 1. The van der Waals surface area contributed by atoms with Gasteiger partial charge in [0, 0.05) is 18.0 Å². The Labute approximate surface area is 158 Å². The van der Waals surface area contributed by atoms with Crippen LogP contribution >= 0.6 is 11.8 Å². The van der Waals surface area contributed by atoms with Gasteiger partial charge < -0.3 is 9.88 Å². The van der Waals surface area contributed by atoms with Crippen molar-refractivity contribution in [3.63, 3.8) is 0 Å². The van der Waals surface area contributed by atoms with E-state index in [2.05, 4.69) is 39.5 Å². The van der Waals surface area contributed by atoms with Gasteiger partial charge in [-0.05, 0) is 63.4 Å². The summed E-state index contributed by atoms with van der Waals surface area (Å²) in [5, 5.41) is 12.4. The Kier molecular flexibility index (Phi) is 4.75. The second-order valence-electron chi connectivity index (χ2n) is 7.29. The first-order chi connectivity index (χ1) is 12.6.